The van der Waals surface area contributed by atoms with Gasteiger partial charge in [-0.05, 0) is 18.6 Å². The fraction of sp³-hybridized carbons (Fsp3) is 0.462. The van der Waals surface area contributed by atoms with Gasteiger partial charge < -0.3 is 10.0 Å². The smallest absolute Gasteiger partial charge is 0.417 e. The van der Waals surface area contributed by atoms with Gasteiger partial charge >= 0.3 is 12.1 Å². The number of halogens is 3. The molecule has 0 aliphatic carbocycles. The van der Waals surface area contributed by atoms with E-state index >= 15 is 0 Å². The van der Waals surface area contributed by atoms with E-state index in [1.54, 1.807) is 0 Å². The van der Waals surface area contributed by atoms with Crippen LogP contribution in [0.15, 0.2) is 23.4 Å². The van der Waals surface area contributed by atoms with Gasteiger partial charge in [-0.15, -0.1) is 0 Å². The van der Waals surface area contributed by atoms with Crippen LogP contribution in [-0.4, -0.2) is 45.7 Å². The average molecular weight is 336 g/mol. The molecule has 1 rings (SSSR count). The van der Waals surface area contributed by atoms with Crippen LogP contribution < -0.4 is 0 Å². The Morgan fingerprint density at radius 1 is 1.36 bits per heavy atom. The van der Waals surface area contributed by atoms with Crippen molar-refractivity contribution in [3.63, 3.8) is 0 Å². The maximum absolute atomic E-state index is 12.4. The number of aliphatic carboxylic acids is 1. The molecular weight excluding hydrogens is 321 g/mol. The van der Waals surface area contributed by atoms with Crippen LogP contribution in [0.5, 0.6) is 0 Å². The van der Waals surface area contributed by atoms with Crippen molar-refractivity contribution in [1.29, 1.82) is 0 Å². The molecule has 0 saturated carbocycles. The number of carbonyl (C=O) groups excluding carboxylic acids is 1. The van der Waals surface area contributed by atoms with Gasteiger partial charge in [0, 0.05) is 12.7 Å². The first-order chi connectivity index (χ1) is 10.2. The second-order valence-electron chi connectivity index (χ2n) is 4.38. The number of carboxylic acids is 1. The molecule has 0 aromatic carbocycles. The van der Waals surface area contributed by atoms with E-state index in [0.717, 1.165) is 17.8 Å². The van der Waals surface area contributed by atoms with E-state index in [9.17, 15) is 22.8 Å². The number of carbonyl (C=O) groups is 2. The highest BCUT2D eigenvalue weighted by molar-refractivity contribution is 7.99. The predicted octanol–water partition coefficient (Wildman–Crippen LogP) is 2.52. The number of nitrogens with zero attached hydrogens (tertiary/aromatic N) is 2. The van der Waals surface area contributed by atoms with Crippen LogP contribution in [0.2, 0.25) is 0 Å². The Balaban J connectivity index is 2.60. The standard InChI is InChI=1S/C13H15F3N2O3S/c1-2-5-18(7-12(20)21)11(19)8-22-10-4-3-9(6-17-10)13(14,15)16/h3-4,6H,2,5,7-8H2,1H3,(H,20,21). The molecule has 1 aromatic heterocycles. The summed E-state index contributed by atoms with van der Waals surface area (Å²) in [6.45, 7) is 1.73. The van der Waals surface area contributed by atoms with Crippen molar-refractivity contribution >= 4 is 23.6 Å². The topological polar surface area (TPSA) is 70.5 Å². The summed E-state index contributed by atoms with van der Waals surface area (Å²) in [7, 11) is 0. The number of carboxylic acid groups (broad SMARTS) is 1. The van der Waals surface area contributed by atoms with E-state index in [1.165, 1.54) is 11.0 Å². The van der Waals surface area contributed by atoms with Crippen LogP contribution in [0.4, 0.5) is 13.2 Å². The Bertz CT molecular complexity index is 520. The Morgan fingerprint density at radius 2 is 2.05 bits per heavy atom. The molecule has 0 aliphatic heterocycles. The van der Waals surface area contributed by atoms with Gasteiger partial charge in [-0.25, -0.2) is 4.98 Å². The summed E-state index contributed by atoms with van der Waals surface area (Å²) in [5.41, 5.74) is -0.860. The van der Waals surface area contributed by atoms with Gasteiger partial charge in [0.1, 0.15) is 6.54 Å². The van der Waals surface area contributed by atoms with Crippen molar-refractivity contribution < 1.29 is 27.9 Å². The van der Waals surface area contributed by atoms with Crippen LogP contribution in [-0.2, 0) is 15.8 Å². The van der Waals surface area contributed by atoms with Gasteiger partial charge in [0.2, 0.25) is 5.91 Å². The normalized spacial score (nSPS) is 11.3. The quantitative estimate of drug-likeness (QED) is 0.775. The predicted molar refractivity (Wildman–Crippen MR) is 74.5 cm³/mol. The Hall–Kier alpha value is -1.77. The lowest BCUT2D eigenvalue weighted by molar-refractivity contribution is -0.143. The molecule has 1 aromatic rings. The lowest BCUT2D eigenvalue weighted by Crippen LogP contribution is -2.37. The molecule has 0 unspecified atom stereocenters. The molecule has 0 atom stereocenters. The first kappa shape index (κ1) is 18.3. The van der Waals surface area contributed by atoms with Crippen molar-refractivity contribution in [3.05, 3.63) is 23.9 Å². The minimum absolute atomic E-state index is 0.0777. The van der Waals surface area contributed by atoms with Crippen molar-refractivity contribution in [2.24, 2.45) is 0 Å². The second-order valence-corrected chi connectivity index (χ2v) is 5.38. The van der Waals surface area contributed by atoms with Crippen molar-refractivity contribution in [3.8, 4) is 0 Å². The molecule has 9 heteroatoms. The number of pyridine rings is 1. The van der Waals surface area contributed by atoms with Crippen molar-refractivity contribution in [2.45, 2.75) is 24.5 Å². The van der Waals surface area contributed by atoms with Crippen molar-refractivity contribution in [1.82, 2.24) is 9.88 Å². The van der Waals surface area contributed by atoms with Gasteiger partial charge in [-0.1, -0.05) is 18.7 Å². The van der Waals surface area contributed by atoms with E-state index in [4.69, 9.17) is 5.11 Å². The molecule has 1 amide bonds. The largest absolute Gasteiger partial charge is 0.480 e. The molecular formula is C13H15F3N2O3S. The average Bonchev–Trinajstić information content (AvgIpc) is 2.43. The maximum Gasteiger partial charge on any atom is 0.417 e. The molecule has 1 N–H and O–H groups in total. The number of amides is 1. The van der Waals surface area contributed by atoms with E-state index in [1.807, 2.05) is 6.92 Å². The van der Waals surface area contributed by atoms with Crippen LogP contribution in [0.1, 0.15) is 18.9 Å². The molecule has 0 spiro atoms. The molecule has 0 radical (unpaired) electrons. The fourth-order valence-electron chi connectivity index (χ4n) is 1.59. The second kappa shape index (κ2) is 8.02. The van der Waals surface area contributed by atoms with Gasteiger partial charge in [0.05, 0.1) is 16.3 Å². The summed E-state index contributed by atoms with van der Waals surface area (Å²) >= 11 is 0.967. The molecule has 0 bridgehead atoms. The highest BCUT2D eigenvalue weighted by atomic mass is 32.2. The minimum atomic E-state index is -4.45. The van der Waals surface area contributed by atoms with Crippen LogP contribution in [0.25, 0.3) is 0 Å². The zero-order chi connectivity index (χ0) is 16.8. The van der Waals surface area contributed by atoms with E-state index in [-0.39, 0.29) is 10.8 Å². The van der Waals surface area contributed by atoms with Gasteiger partial charge in [-0.3, -0.25) is 9.59 Å². The third kappa shape index (κ3) is 5.92. The summed E-state index contributed by atoms with van der Waals surface area (Å²) in [6, 6.07) is 2.07. The minimum Gasteiger partial charge on any atom is -0.480 e. The number of thioether (sulfide) groups is 1. The van der Waals surface area contributed by atoms with E-state index in [2.05, 4.69) is 4.98 Å². The number of aromatic nitrogens is 1. The van der Waals surface area contributed by atoms with Crippen LogP contribution >= 0.6 is 11.8 Å². The first-order valence-corrected chi connectivity index (χ1v) is 7.38. The van der Waals surface area contributed by atoms with Crippen LogP contribution in [0.3, 0.4) is 0 Å². The summed E-state index contributed by atoms with van der Waals surface area (Å²) in [5, 5.41) is 9.00. The zero-order valence-electron chi connectivity index (χ0n) is 11.8. The summed E-state index contributed by atoms with van der Waals surface area (Å²) in [5.74, 6) is -1.58. The van der Waals surface area contributed by atoms with E-state index in [0.29, 0.717) is 19.2 Å². The molecule has 122 valence electrons. The molecule has 0 fully saturated rings. The van der Waals surface area contributed by atoms with Crippen molar-refractivity contribution in [2.75, 3.05) is 18.8 Å². The molecule has 5 nitrogen and oxygen atoms in total. The highest BCUT2D eigenvalue weighted by Crippen LogP contribution is 2.29. The number of rotatable bonds is 7. The molecule has 0 saturated heterocycles. The number of hydrogen-bond donors (Lipinski definition) is 1. The summed E-state index contributed by atoms with van der Waals surface area (Å²) in [4.78, 5) is 27.4. The Labute approximate surface area is 129 Å². The third-order valence-corrected chi connectivity index (χ3v) is 3.51. The van der Waals surface area contributed by atoms with Gasteiger partial charge in [0.15, 0.2) is 0 Å². The third-order valence-electron chi connectivity index (χ3n) is 2.58. The maximum atomic E-state index is 12.4. The zero-order valence-corrected chi connectivity index (χ0v) is 12.6. The van der Waals surface area contributed by atoms with Gasteiger partial charge in [0.25, 0.3) is 0 Å². The molecule has 0 aliphatic rings. The number of hydrogen-bond acceptors (Lipinski definition) is 4. The number of alkyl halides is 3. The Kier molecular flexibility index (Phi) is 6.66. The first-order valence-electron chi connectivity index (χ1n) is 6.39. The summed E-state index contributed by atoms with van der Waals surface area (Å²) in [6.07, 6.45) is -3.14. The lowest BCUT2D eigenvalue weighted by atomic mass is 10.3. The monoisotopic (exact) mass is 336 g/mol. The lowest BCUT2D eigenvalue weighted by Gasteiger charge is -2.19. The van der Waals surface area contributed by atoms with Gasteiger partial charge in [-0.2, -0.15) is 13.2 Å². The SMILES string of the molecule is CCCN(CC(=O)O)C(=O)CSc1ccc(C(F)(F)F)cn1. The van der Waals surface area contributed by atoms with E-state index < -0.39 is 30.2 Å². The highest BCUT2D eigenvalue weighted by Gasteiger charge is 2.30. The Morgan fingerprint density at radius 3 is 2.50 bits per heavy atom. The molecule has 22 heavy (non-hydrogen) atoms. The summed E-state index contributed by atoms with van der Waals surface area (Å²) < 4.78 is 37.1. The van der Waals surface area contributed by atoms with Crippen LogP contribution in [0, 0.1) is 0 Å². The fourth-order valence-corrected chi connectivity index (χ4v) is 2.33. The molecule has 1 heterocycles.